The second-order valence-corrected chi connectivity index (χ2v) is 8.18. The molecule has 140 valence electrons. The average molecular weight is 422 g/mol. The summed E-state index contributed by atoms with van der Waals surface area (Å²) in [6, 6.07) is 8.58. The van der Waals surface area contributed by atoms with Crippen molar-refractivity contribution in [2.75, 3.05) is 4.90 Å². The molecule has 2 amide bonds. The number of nitrogens with one attached hydrogen (secondary N) is 1. The second kappa shape index (κ2) is 7.11. The van der Waals surface area contributed by atoms with E-state index in [1.807, 2.05) is 43.7 Å². The van der Waals surface area contributed by atoms with Gasteiger partial charge in [0.05, 0.1) is 15.7 Å². The van der Waals surface area contributed by atoms with Crippen molar-refractivity contribution in [3.05, 3.63) is 57.8 Å². The normalized spacial score (nSPS) is 16.9. The van der Waals surface area contributed by atoms with E-state index in [0.717, 1.165) is 5.69 Å². The summed E-state index contributed by atoms with van der Waals surface area (Å²) in [5.41, 5.74) is 0.793. The Bertz CT molecular complexity index is 989. The zero-order chi connectivity index (χ0) is 19.9. The summed E-state index contributed by atoms with van der Waals surface area (Å²) in [6.45, 7) is 6.10. The Morgan fingerprint density at radius 1 is 1.11 bits per heavy atom. The van der Waals surface area contributed by atoms with Crippen LogP contribution >= 0.6 is 35.4 Å². The molecule has 0 saturated carbocycles. The molecule has 1 fully saturated rings. The number of hydrogen-bond acceptors (Lipinski definition) is 3. The van der Waals surface area contributed by atoms with Gasteiger partial charge in [0.25, 0.3) is 11.8 Å². The fourth-order valence-corrected chi connectivity index (χ4v) is 3.47. The first kappa shape index (κ1) is 19.6. The molecule has 1 saturated heterocycles. The molecule has 1 aromatic carbocycles. The van der Waals surface area contributed by atoms with Gasteiger partial charge in [0, 0.05) is 17.4 Å². The van der Waals surface area contributed by atoms with Crippen LogP contribution in [0.4, 0.5) is 5.69 Å². The summed E-state index contributed by atoms with van der Waals surface area (Å²) in [4.78, 5) is 26.7. The number of rotatable bonds is 2. The molecule has 0 aliphatic carbocycles. The number of benzene rings is 1. The number of hydrogen-bond donors (Lipinski definition) is 1. The van der Waals surface area contributed by atoms with E-state index >= 15 is 0 Å². The Labute approximate surface area is 172 Å². The standard InChI is InChI=1S/C19H17Cl2N3O2S/c1-19(2,3)23-9-5-6-11(23)10-12-16(25)22-18(27)24(17(12)26)14-8-4-7-13(20)15(14)21/h4-10H,1-3H3,(H,22,25,27)/b12-10-. The lowest BCUT2D eigenvalue weighted by Crippen LogP contribution is -2.54. The van der Waals surface area contributed by atoms with Crippen LogP contribution in [0.2, 0.25) is 10.0 Å². The first-order valence-electron chi connectivity index (χ1n) is 8.14. The molecule has 2 heterocycles. The van der Waals surface area contributed by atoms with Crippen LogP contribution in [0.3, 0.4) is 0 Å². The van der Waals surface area contributed by atoms with Crippen molar-refractivity contribution in [2.24, 2.45) is 0 Å². The van der Waals surface area contributed by atoms with Crippen molar-refractivity contribution in [3.8, 4) is 0 Å². The van der Waals surface area contributed by atoms with Gasteiger partial charge in [0.15, 0.2) is 5.11 Å². The van der Waals surface area contributed by atoms with Gasteiger partial charge in [-0.05, 0) is 63.3 Å². The van der Waals surface area contributed by atoms with E-state index in [4.69, 9.17) is 35.4 Å². The number of thiocarbonyl (C=S) groups is 1. The summed E-state index contributed by atoms with van der Waals surface area (Å²) in [6.07, 6.45) is 3.45. The number of anilines is 1. The maximum Gasteiger partial charge on any atom is 0.270 e. The van der Waals surface area contributed by atoms with E-state index < -0.39 is 11.8 Å². The third kappa shape index (κ3) is 3.65. The van der Waals surface area contributed by atoms with E-state index in [2.05, 4.69) is 5.32 Å². The molecule has 3 rings (SSSR count). The largest absolute Gasteiger partial charge is 0.343 e. The van der Waals surface area contributed by atoms with Gasteiger partial charge in [0.2, 0.25) is 0 Å². The highest BCUT2D eigenvalue weighted by molar-refractivity contribution is 7.80. The number of carbonyl (C=O) groups is 2. The van der Waals surface area contributed by atoms with Crippen molar-refractivity contribution in [2.45, 2.75) is 26.3 Å². The molecular formula is C19H17Cl2N3O2S. The first-order chi connectivity index (χ1) is 12.6. The summed E-state index contributed by atoms with van der Waals surface area (Å²) < 4.78 is 1.98. The van der Waals surface area contributed by atoms with Gasteiger partial charge in [-0.2, -0.15) is 0 Å². The molecule has 0 bridgehead atoms. The maximum absolute atomic E-state index is 13.1. The zero-order valence-electron chi connectivity index (χ0n) is 14.9. The first-order valence-corrected chi connectivity index (χ1v) is 9.31. The monoisotopic (exact) mass is 421 g/mol. The van der Waals surface area contributed by atoms with Gasteiger partial charge >= 0.3 is 0 Å². The summed E-state index contributed by atoms with van der Waals surface area (Å²) in [5, 5.41) is 2.97. The van der Waals surface area contributed by atoms with Gasteiger partial charge in [-0.1, -0.05) is 29.3 Å². The van der Waals surface area contributed by atoms with Crippen molar-refractivity contribution in [3.63, 3.8) is 0 Å². The van der Waals surface area contributed by atoms with Gasteiger partial charge < -0.3 is 4.57 Å². The summed E-state index contributed by atoms with van der Waals surface area (Å²) in [7, 11) is 0. The fraction of sp³-hybridized carbons (Fsp3) is 0.211. The van der Waals surface area contributed by atoms with E-state index in [9.17, 15) is 9.59 Å². The Morgan fingerprint density at radius 2 is 1.81 bits per heavy atom. The van der Waals surface area contributed by atoms with E-state index in [0.29, 0.717) is 5.69 Å². The van der Waals surface area contributed by atoms with Crippen LogP contribution in [-0.2, 0) is 15.1 Å². The van der Waals surface area contributed by atoms with E-state index in [-0.39, 0.29) is 26.3 Å². The highest BCUT2D eigenvalue weighted by Crippen LogP contribution is 2.34. The lowest BCUT2D eigenvalue weighted by molar-refractivity contribution is -0.122. The van der Waals surface area contributed by atoms with Crippen LogP contribution in [0.15, 0.2) is 42.1 Å². The smallest absolute Gasteiger partial charge is 0.270 e. The minimum atomic E-state index is -0.561. The van der Waals surface area contributed by atoms with Crippen molar-refractivity contribution >= 4 is 64.1 Å². The van der Waals surface area contributed by atoms with Gasteiger partial charge in [0.1, 0.15) is 5.57 Å². The van der Waals surface area contributed by atoms with Gasteiger partial charge in [-0.3, -0.25) is 19.8 Å². The van der Waals surface area contributed by atoms with Gasteiger partial charge in [-0.25, -0.2) is 0 Å². The van der Waals surface area contributed by atoms with Crippen LogP contribution in [0.25, 0.3) is 6.08 Å². The molecule has 8 heteroatoms. The lowest BCUT2D eigenvalue weighted by atomic mass is 10.1. The molecule has 1 aliphatic heterocycles. The predicted octanol–water partition coefficient (Wildman–Crippen LogP) is 4.38. The van der Waals surface area contributed by atoms with Crippen LogP contribution in [0.1, 0.15) is 26.5 Å². The minimum Gasteiger partial charge on any atom is -0.343 e. The lowest BCUT2D eigenvalue weighted by Gasteiger charge is -2.30. The minimum absolute atomic E-state index is 0.0381. The summed E-state index contributed by atoms with van der Waals surface area (Å²) >= 11 is 17.5. The van der Waals surface area contributed by atoms with E-state index in [1.54, 1.807) is 24.3 Å². The number of aromatic nitrogens is 1. The van der Waals surface area contributed by atoms with Crippen LogP contribution in [0, 0.1) is 0 Å². The fourth-order valence-electron chi connectivity index (χ4n) is 2.81. The average Bonchev–Trinajstić information content (AvgIpc) is 3.04. The van der Waals surface area contributed by atoms with Crippen LogP contribution in [-0.4, -0.2) is 21.5 Å². The highest BCUT2D eigenvalue weighted by atomic mass is 35.5. The molecule has 0 unspecified atom stereocenters. The van der Waals surface area contributed by atoms with Crippen molar-refractivity contribution in [1.29, 1.82) is 0 Å². The highest BCUT2D eigenvalue weighted by Gasteiger charge is 2.36. The molecule has 1 aromatic heterocycles. The summed E-state index contributed by atoms with van der Waals surface area (Å²) in [5.74, 6) is -1.12. The quantitative estimate of drug-likeness (QED) is 0.444. The molecule has 2 aromatic rings. The number of carbonyl (C=O) groups excluding carboxylic acids is 2. The van der Waals surface area contributed by atoms with Crippen LogP contribution < -0.4 is 10.2 Å². The Morgan fingerprint density at radius 3 is 2.48 bits per heavy atom. The zero-order valence-corrected chi connectivity index (χ0v) is 17.2. The second-order valence-electron chi connectivity index (χ2n) is 7.00. The molecule has 5 nitrogen and oxygen atoms in total. The molecular weight excluding hydrogens is 405 g/mol. The third-order valence-electron chi connectivity index (χ3n) is 4.07. The van der Waals surface area contributed by atoms with Crippen LogP contribution in [0.5, 0.6) is 0 Å². The van der Waals surface area contributed by atoms with Crippen molar-refractivity contribution in [1.82, 2.24) is 9.88 Å². The Hall–Kier alpha value is -2.15. The predicted molar refractivity (Wildman–Crippen MR) is 112 cm³/mol. The van der Waals surface area contributed by atoms with Gasteiger partial charge in [-0.15, -0.1) is 0 Å². The Kier molecular flexibility index (Phi) is 5.16. The number of amides is 2. The topological polar surface area (TPSA) is 54.3 Å². The maximum atomic E-state index is 13.1. The Balaban J connectivity index is 2.09. The molecule has 0 spiro atoms. The molecule has 1 aliphatic rings. The number of halogens is 2. The molecule has 0 atom stereocenters. The molecule has 0 radical (unpaired) electrons. The SMILES string of the molecule is CC(C)(C)n1cccc1/C=C1/C(=O)NC(=S)N(c2cccc(Cl)c2Cl)C1=O. The molecule has 27 heavy (non-hydrogen) atoms. The number of nitrogens with zero attached hydrogens (tertiary/aromatic N) is 2. The van der Waals surface area contributed by atoms with Crippen molar-refractivity contribution < 1.29 is 9.59 Å². The third-order valence-corrected chi connectivity index (χ3v) is 5.16. The van der Waals surface area contributed by atoms with E-state index in [1.165, 1.54) is 4.90 Å². The molecule has 1 N–H and O–H groups in total.